The molecule has 152 valence electrons. The van der Waals surface area contributed by atoms with Crippen molar-refractivity contribution in [3.05, 3.63) is 74.0 Å². The number of nitrogens with zero attached hydrogens (tertiary/aromatic N) is 1. The average molecular weight is 549 g/mol. The molecule has 1 N–H and O–H groups in total. The van der Waals surface area contributed by atoms with Gasteiger partial charge in [-0.2, -0.15) is 0 Å². The largest absolute Gasteiger partial charge is 0.506 e. The second-order valence-corrected chi connectivity index (χ2v) is 9.19. The number of hydrogen-bond acceptors (Lipinski definition) is 5. The molecule has 2 amide bonds. The second kappa shape index (κ2) is 8.83. The molecule has 8 heteroatoms. The molecule has 5 nitrogen and oxygen atoms in total. The molecule has 3 aromatic rings. The van der Waals surface area contributed by atoms with Crippen molar-refractivity contribution >= 4 is 71.6 Å². The van der Waals surface area contributed by atoms with Crippen molar-refractivity contribution in [3.8, 4) is 11.5 Å². The number of benzene rings is 3. The average Bonchev–Trinajstić information content (AvgIpc) is 2.99. The SMILES string of the molecule is O=C1S/C(=C\c2cc(Br)c(O)c(Br)c2)C(=O)N1CCOc1cccc2ccccc12. The zero-order valence-electron chi connectivity index (χ0n) is 15.5. The molecule has 1 fully saturated rings. The number of carbonyl (C=O) groups excluding carboxylic acids is 2. The third-order valence-electron chi connectivity index (χ3n) is 4.53. The fourth-order valence-corrected chi connectivity index (χ4v) is 5.17. The van der Waals surface area contributed by atoms with E-state index in [-0.39, 0.29) is 30.0 Å². The van der Waals surface area contributed by atoms with E-state index in [0.29, 0.717) is 19.4 Å². The maximum atomic E-state index is 12.7. The molecule has 0 atom stereocenters. The van der Waals surface area contributed by atoms with Gasteiger partial charge < -0.3 is 9.84 Å². The third-order valence-corrected chi connectivity index (χ3v) is 6.65. The number of carbonyl (C=O) groups is 2. The second-order valence-electron chi connectivity index (χ2n) is 6.49. The van der Waals surface area contributed by atoms with Gasteiger partial charge in [-0.3, -0.25) is 14.5 Å². The maximum Gasteiger partial charge on any atom is 0.293 e. The molecule has 0 saturated carbocycles. The number of aromatic hydroxyl groups is 1. The van der Waals surface area contributed by atoms with Gasteiger partial charge in [0.25, 0.3) is 11.1 Å². The minimum Gasteiger partial charge on any atom is -0.506 e. The highest BCUT2D eigenvalue weighted by Gasteiger charge is 2.34. The van der Waals surface area contributed by atoms with Crippen LogP contribution in [0.2, 0.25) is 0 Å². The summed E-state index contributed by atoms with van der Waals surface area (Å²) in [5, 5.41) is 11.5. The lowest BCUT2D eigenvalue weighted by Gasteiger charge is -2.14. The monoisotopic (exact) mass is 547 g/mol. The summed E-state index contributed by atoms with van der Waals surface area (Å²) in [4.78, 5) is 26.6. The summed E-state index contributed by atoms with van der Waals surface area (Å²) in [5.41, 5.74) is 0.684. The van der Waals surface area contributed by atoms with Crippen molar-refractivity contribution < 1.29 is 19.4 Å². The summed E-state index contributed by atoms with van der Waals surface area (Å²) >= 11 is 7.42. The van der Waals surface area contributed by atoms with Crippen LogP contribution in [0.15, 0.2) is 68.4 Å². The molecule has 0 unspecified atom stereocenters. The van der Waals surface area contributed by atoms with Crippen LogP contribution in [0.4, 0.5) is 4.79 Å². The number of phenolic OH excluding ortho intramolecular Hbond substituents is 1. The van der Waals surface area contributed by atoms with E-state index in [4.69, 9.17) is 4.74 Å². The van der Waals surface area contributed by atoms with Gasteiger partial charge in [-0.25, -0.2) is 0 Å². The Hall–Kier alpha value is -2.29. The smallest absolute Gasteiger partial charge is 0.293 e. The standard InChI is InChI=1S/C22H15Br2NO4S/c23-16-10-13(11-17(24)20(16)26)12-19-21(27)25(22(28)30-19)8-9-29-18-7-3-5-14-4-1-2-6-15(14)18/h1-7,10-12,26H,8-9H2/b19-12-. The van der Waals surface area contributed by atoms with Gasteiger partial charge in [-0.15, -0.1) is 0 Å². The van der Waals surface area contributed by atoms with E-state index in [2.05, 4.69) is 31.9 Å². The Balaban J connectivity index is 1.46. The van der Waals surface area contributed by atoms with Crippen molar-refractivity contribution in [2.24, 2.45) is 0 Å². The highest BCUT2D eigenvalue weighted by molar-refractivity contribution is 9.11. The minimum atomic E-state index is -0.355. The fourth-order valence-electron chi connectivity index (χ4n) is 3.08. The maximum absolute atomic E-state index is 12.7. The molecule has 0 radical (unpaired) electrons. The Bertz CT molecular complexity index is 1170. The molecule has 1 aliphatic heterocycles. The topological polar surface area (TPSA) is 66.8 Å². The van der Waals surface area contributed by atoms with Crippen LogP contribution in [0.3, 0.4) is 0 Å². The van der Waals surface area contributed by atoms with Crippen LogP contribution in [0, 0.1) is 0 Å². The Morgan fingerprint density at radius 1 is 1.03 bits per heavy atom. The van der Waals surface area contributed by atoms with Gasteiger partial charge in [0, 0.05) is 5.39 Å². The first kappa shape index (κ1) is 21.0. The summed E-state index contributed by atoms with van der Waals surface area (Å²) in [6.45, 7) is 0.365. The molecule has 3 aromatic carbocycles. The van der Waals surface area contributed by atoms with Gasteiger partial charge in [-0.1, -0.05) is 36.4 Å². The predicted octanol–water partition coefficient (Wildman–Crippen LogP) is 6.19. The summed E-state index contributed by atoms with van der Waals surface area (Å²) in [6, 6.07) is 17.0. The van der Waals surface area contributed by atoms with Crippen molar-refractivity contribution in [2.75, 3.05) is 13.2 Å². The van der Waals surface area contributed by atoms with E-state index >= 15 is 0 Å². The van der Waals surface area contributed by atoms with Crippen molar-refractivity contribution in [1.82, 2.24) is 4.90 Å². The Kier molecular flexibility index (Phi) is 6.17. The van der Waals surface area contributed by atoms with Gasteiger partial charge in [0.05, 0.1) is 20.4 Å². The zero-order valence-corrected chi connectivity index (χ0v) is 19.5. The van der Waals surface area contributed by atoms with Crippen LogP contribution in [0.1, 0.15) is 5.56 Å². The van der Waals surface area contributed by atoms with E-state index in [9.17, 15) is 14.7 Å². The van der Waals surface area contributed by atoms with Crippen LogP contribution < -0.4 is 4.74 Å². The summed E-state index contributed by atoms with van der Waals surface area (Å²) in [7, 11) is 0. The van der Waals surface area contributed by atoms with Gasteiger partial charge in [0.1, 0.15) is 18.1 Å². The quantitative estimate of drug-likeness (QED) is 0.385. The highest BCUT2D eigenvalue weighted by atomic mass is 79.9. The molecule has 0 bridgehead atoms. The van der Waals surface area contributed by atoms with Crippen molar-refractivity contribution in [1.29, 1.82) is 0 Å². The minimum absolute atomic E-state index is 0.0749. The van der Waals surface area contributed by atoms with Crippen LogP contribution >= 0.6 is 43.6 Å². The number of imide groups is 1. The Morgan fingerprint density at radius 2 is 1.73 bits per heavy atom. The summed E-state index contributed by atoms with van der Waals surface area (Å²) in [6.07, 6.45) is 1.63. The molecule has 30 heavy (non-hydrogen) atoms. The summed E-state index contributed by atoms with van der Waals surface area (Å²) in [5.74, 6) is 0.437. The zero-order chi connectivity index (χ0) is 21.3. The Labute approximate surface area is 194 Å². The van der Waals surface area contributed by atoms with Crippen LogP contribution in [-0.2, 0) is 4.79 Å². The normalized spacial score (nSPS) is 15.4. The van der Waals surface area contributed by atoms with E-state index in [1.165, 1.54) is 4.90 Å². The van der Waals surface area contributed by atoms with Crippen LogP contribution in [0.5, 0.6) is 11.5 Å². The lowest BCUT2D eigenvalue weighted by Crippen LogP contribution is -2.32. The number of amides is 2. The van der Waals surface area contributed by atoms with Crippen LogP contribution in [0.25, 0.3) is 16.8 Å². The number of hydrogen-bond donors (Lipinski definition) is 1. The molecule has 0 spiro atoms. The van der Waals surface area contributed by atoms with E-state index < -0.39 is 0 Å². The number of ether oxygens (including phenoxy) is 1. The molecule has 1 aliphatic rings. The molecule has 1 heterocycles. The molecule has 1 saturated heterocycles. The fraction of sp³-hybridized carbons (Fsp3) is 0.0909. The Morgan fingerprint density at radius 3 is 2.50 bits per heavy atom. The lowest BCUT2D eigenvalue weighted by molar-refractivity contribution is -0.123. The number of phenols is 1. The first-order chi connectivity index (χ1) is 14.4. The highest BCUT2D eigenvalue weighted by Crippen LogP contribution is 2.37. The predicted molar refractivity (Wildman–Crippen MR) is 126 cm³/mol. The van der Waals surface area contributed by atoms with E-state index in [0.717, 1.165) is 28.3 Å². The number of thioether (sulfide) groups is 1. The molecular formula is C22H15Br2NO4S. The lowest BCUT2D eigenvalue weighted by atomic mass is 10.1. The molecule has 0 aromatic heterocycles. The number of rotatable bonds is 5. The van der Waals surface area contributed by atoms with Gasteiger partial charge in [-0.05, 0) is 78.8 Å². The van der Waals surface area contributed by atoms with Crippen molar-refractivity contribution in [3.63, 3.8) is 0 Å². The van der Waals surface area contributed by atoms with Gasteiger partial charge in [0.15, 0.2) is 0 Å². The first-order valence-electron chi connectivity index (χ1n) is 8.98. The van der Waals surface area contributed by atoms with E-state index in [1.807, 2.05) is 42.5 Å². The molecule has 4 rings (SSSR count). The van der Waals surface area contributed by atoms with Crippen LogP contribution in [-0.4, -0.2) is 34.3 Å². The van der Waals surface area contributed by atoms with Gasteiger partial charge in [0.2, 0.25) is 0 Å². The summed E-state index contributed by atoms with van der Waals surface area (Å²) < 4.78 is 6.84. The van der Waals surface area contributed by atoms with Gasteiger partial charge >= 0.3 is 0 Å². The number of halogens is 2. The third kappa shape index (κ3) is 4.26. The molecule has 0 aliphatic carbocycles. The van der Waals surface area contributed by atoms with Crippen molar-refractivity contribution in [2.45, 2.75) is 0 Å². The van der Waals surface area contributed by atoms with E-state index in [1.54, 1.807) is 18.2 Å². The molecular weight excluding hydrogens is 534 g/mol. The first-order valence-corrected chi connectivity index (χ1v) is 11.4. The number of fused-ring (bicyclic) bond motifs is 1.